The van der Waals surface area contributed by atoms with Gasteiger partial charge in [0.1, 0.15) is 12.0 Å². The average molecular weight is 433 g/mol. The Kier molecular flexibility index (Phi) is 8.70. The number of benzene rings is 1. The van der Waals surface area contributed by atoms with Gasteiger partial charge in [-0.1, -0.05) is 25.5 Å². The van der Waals surface area contributed by atoms with E-state index >= 15 is 0 Å². The number of rotatable bonds is 10. The predicted molar refractivity (Wildman–Crippen MR) is 116 cm³/mol. The summed E-state index contributed by atoms with van der Waals surface area (Å²) in [7, 11) is 2.09. The van der Waals surface area contributed by atoms with E-state index in [1.54, 1.807) is 4.90 Å². The van der Waals surface area contributed by atoms with Crippen molar-refractivity contribution < 1.29 is 18.3 Å². The van der Waals surface area contributed by atoms with Gasteiger partial charge in [0.2, 0.25) is 5.89 Å². The van der Waals surface area contributed by atoms with Crippen LogP contribution in [-0.2, 0) is 19.8 Å². The summed E-state index contributed by atoms with van der Waals surface area (Å²) in [5.41, 5.74) is 1.52. The molecule has 0 aliphatic carbocycles. The molecular formula is C23H33FN4O3. The molecule has 7 nitrogen and oxygen atoms in total. The molecule has 0 atom stereocenters. The zero-order chi connectivity index (χ0) is 22.1. The second-order valence-electron chi connectivity index (χ2n) is 8.10. The van der Waals surface area contributed by atoms with Crippen LogP contribution >= 0.6 is 0 Å². The molecule has 2 aromatic rings. The fraction of sp³-hybridized carbons (Fsp3) is 0.565. The van der Waals surface area contributed by atoms with Gasteiger partial charge in [-0.25, -0.2) is 14.2 Å². The standard InChI is InChI=1S/C23H33FN4O3/c1-3-4-13-30-21-7-5-18(6-8-21)15-28(16-20-17-31-22(14-24)25-20)23(29)26-19-9-11-27(2)12-10-19/h5-8,17,19H,3-4,9-16H2,1-2H3,(H,26,29). The van der Waals surface area contributed by atoms with Crippen molar-refractivity contribution in [1.29, 1.82) is 0 Å². The third-order valence-electron chi connectivity index (χ3n) is 5.46. The smallest absolute Gasteiger partial charge is 0.318 e. The molecule has 8 heteroatoms. The van der Waals surface area contributed by atoms with E-state index in [0.29, 0.717) is 18.8 Å². The highest BCUT2D eigenvalue weighted by Crippen LogP contribution is 2.17. The number of oxazole rings is 1. The minimum absolute atomic E-state index is 0.0271. The van der Waals surface area contributed by atoms with Gasteiger partial charge in [-0.15, -0.1) is 0 Å². The van der Waals surface area contributed by atoms with Gasteiger partial charge >= 0.3 is 6.03 Å². The molecule has 1 fully saturated rings. The lowest BCUT2D eigenvalue weighted by Crippen LogP contribution is -2.48. The maximum Gasteiger partial charge on any atom is 0.318 e. The fourth-order valence-electron chi connectivity index (χ4n) is 3.54. The zero-order valence-corrected chi connectivity index (χ0v) is 18.5. The molecule has 2 heterocycles. The van der Waals surface area contributed by atoms with E-state index in [9.17, 15) is 9.18 Å². The van der Waals surface area contributed by atoms with Crippen LogP contribution in [0.25, 0.3) is 0 Å². The summed E-state index contributed by atoms with van der Waals surface area (Å²) in [5.74, 6) is 0.850. The Balaban J connectivity index is 1.65. The second kappa shape index (κ2) is 11.7. The number of hydrogen-bond acceptors (Lipinski definition) is 5. The SMILES string of the molecule is CCCCOc1ccc(CN(Cc2coc(CF)n2)C(=O)NC2CCN(C)CC2)cc1. The lowest BCUT2D eigenvalue weighted by Gasteiger charge is -2.31. The Hall–Kier alpha value is -2.61. The third-order valence-corrected chi connectivity index (χ3v) is 5.46. The highest BCUT2D eigenvalue weighted by atomic mass is 19.1. The zero-order valence-electron chi connectivity index (χ0n) is 18.5. The van der Waals surface area contributed by atoms with Gasteiger partial charge in [0.15, 0.2) is 6.67 Å². The number of carbonyl (C=O) groups excluding carboxylic acids is 1. The van der Waals surface area contributed by atoms with E-state index in [1.807, 2.05) is 24.3 Å². The summed E-state index contributed by atoms with van der Waals surface area (Å²) in [6.07, 6.45) is 5.37. The number of nitrogens with zero attached hydrogens (tertiary/aromatic N) is 3. The summed E-state index contributed by atoms with van der Waals surface area (Å²) in [6, 6.07) is 7.78. The summed E-state index contributed by atoms with van der Waals surface area (Å²) in [6.45, 7) is 4.65. The first-order chi connectivity index (χ1) is 15.1. The Labute approximate surface area is 183 Å². The molecule has 0 saturated carbocycles. The van der Waals surface area contributed by atoms with Crippen LogP contribution in [-0.4, -0.2) is 53.6 Å². The van der Waals surface area contributed by atoms with Gasteiger partial charge in [-0.3, -0.25) is 0 Å². The quantitative estimate of drug-likeness (QED) is 0.572. The van der Waals surface area contributed by atoms with Crippen molar-refractivity contribution in [1.82, 2.24) is 20.1 Å². The van der Waals surface area contributed by atoms with Crippen LogP contribution in [0.2, 0.25) is 0 Å². The normalized spacial score (nSPS) is 15.1. The Morgan fingerprint density at radius 2 is 2.03 bits per heavy atom. The number of piperidine rings is 1. The van der Waals surface area contributed by atoms with Gasteiger partial charge in [0.05, 0.1) is 18.8 Å². The first-order valence-corrected chi connectivity index (χ1v) is 11.0. The van der Waals surface area contributed by atoms with Crippen molar-refractivity contribution in [3.63, 3.8) is 0 Å². The van der Waals surface area contributed by atoms with Crippen molar-refractivity contribution in [3.05, 3.63) is 47.7 Å². The topological polar surface area (TPSA) is 70.8 Å². The van der Waals surface area contributed by atoms with Gasteiger partial charge < -0.3 is 24.3 Å². The largest absolute Gasteiger partial charge is 0.494 e. The summed E-state index contributed by atoms with van der Waals surface area (Å²) < 4.78 is 23.6. The van der Waals surface area contributed by atoms with Crippen molar-refractivity contribution in [3.8, 4) is 5.75 Å². The van der Waals surface area contributed by atoms with Gasteiger partial charge in [-0.05, 0) is 57.1 Å². The average Bonchev–Trinajstić information content (AvgIpc) is 3.24. The number of unbranched alkanes of at least 4 members (excludes halogenated alkanes) is 1. The molecule has 0 bridgehead atoms. The Morgan fingerprint density at radius 3 is 2.68 bits per heavy atom. The molecule has 1 aromatic heterocycles. The van der Waals surface area contributed by atoms with E-state index < -0.39 is 6.67 Å². The van der Waals surface area contributed by atoms with Gasteiger partial charge in [-0.2, -0.15) is 0 Å². The first-order valence-electron chi connectivity index (χ1n) is 11.0. The molecule has 1 saturated heterocycles. The molecule has 2 amide bonds. The molecule has 3 rings (SSSR count). The van der Waals surface area contributed by atoms with Crippen LogP contribution in [0.3, 0.4) is 0 Å². The molecule has 1 aliphatic heterocycles. The van der Waals surface area contributed by atoms with E-state index in [1.165, 1.54) is 6.26 Å². The molecule has 1 N–H and O–H groups in total. The maximum absolute atomic E-state index is 13.1. The van der Waals surface area contributed by atoms with Crippen LogP contribution in [0.4, 0.5) is 9.18 Å². The Morgan fingerprint density at radius 1 is 1.29 bits per heavy atom. The summed E-state index contributed by atoms with van der Waals surface area (Å²) >= 11 is 0. The number of likely N-dealkylation sites (tertiary alicyclic amines) is 1. The van der Waals surface area contributed by atoms with Crippen LogP contribution in [0, 0.1) is 0 Å². The number of halogens is 1. The van der Waals surface area contributed by atoms with E-state index in [4.69, 9.17) is 9.15 Å². The third kappa shape index (κ3) is 7.24. The van der Waals surface area contributed by atoms with E-state index in [-0.39, 0.29) is 24.5 Å². The molecule has 1 aromatic carbocycles. The lowest BCUT2D eigenvalue weighted by molar-refractivity contribution is 0.175. The summed E-state index contributed by atoms with van der Waals surface area (Å²) in [5, 5.41) is 3.15. The van der Waals surface area contributed by atoms with Crippen LogP contribution in [0.15, 0.2) is 34.9 Å². The monoisotopic (exact) mass is 432 g/mol. The van der Waals surface area contributed by atoms with E-state index in [2.05, 4.69) is 29.2 Å². The van der Waals surface area contributed by atoms with Crippen molar-refractivity contribution in [2.45, 2.75) is 58.4 Å². The molecule has 170 valence electrons. The second-order valence-corrected chi connectivity index (χ2v) is 8.10. The number of ether oxygens (including phenoxy) is 1. The number of carbonyl (C=O) groups is 1. The first kappa shape index (κ1) is 23.1. The van der Waals surface area contributed by atoms with Crippen molar-refractivity contribution >= 4 is 6.03 Å². The van der Waals surface area contributed by atoms with E-state index in [0.717, 1.165) is 50.1 Å². The summed E-state index contributed by atoms with van der Waals surface area (Å²) in [4.78, 5) is 21.1. The number of alkyl halides is 1. The highest BCUT2D eigenvalue weighted by molar-refractivity contribution is 5.74. The highest BCUT2D eigenvalue weighted by Gasteiger charge is 2.23. The number of aromatic nitrogens is 1. The molecule has 31 heavy (non-hydrogen) atoms. The fourth-order valence-corrected chi connectivity index (χ4v) is 3.54. The van der Waals surface area contributed by atoms with Gasteiger partial charge in [0.25, 0.3) is 0 Å². The number of urea groups is 1. The number of nitrogens with one attached hydrogen (secondary N) is 1. The minimum Gasteiger partial charge on any atom is -0.494 e. The lowest BCUT2D eigenvalue weighted by atomic mass is 10.1. The van der Waals surface area contributed by atoms with Crippen LogP contribution in [0.1, 0.15) is 49.8 Å². The van der Waals surface area contributed by atoms with Gasteiger partial charge in [0, 0.05) is 12.6 Å². The molecule has 0 spiro atoms. The van der Waals surface area contributed by atoms with Crippen LogP contribution < -0.4 is 10.1 Å². The molecule has 0 radical (unpaired) electrons. The van der Waals surface area contributed by atoms with Crippen LogP contribution in [0.5, 0.6) is 5.75 Å². The predicted octanol–water partition coefficient (Wildman–Crippen LogP) is 4.13. The van der Waals surface area contributed by atoms with Crippen molar-refractivity contribution in [2.24, 2.45) is 0 Å². The molecule has 1 aliphatic rings. The maximum atomic E-state index is 13.1. The number of amides is 2. The number of hydrogen-bond donors (Lipinski definition) is 1. The molecule has 0 unspecified atom stereocenters. The Bertz CT molecular complexity index is 803. The molecular weight excluding hydrogens is 399 g/mol. The van der Waals surface area contributed by atoms with Crippen molar-refractivity contribution in [2.75, 3.05) is 26.7 Å². The minimum atomic E-state index is -0.763.